The first kappa shape index (κ1) is 13.3. The van der Waals surface area contributed by atoms with Crippen LogP contribution in [-0.2, 0) is 5.41 Å². The second kappa shape index (κ2) is 4.41. The molecule has 7 nitrogen and oxygen atoms in total. The Kier molecular flexibility index (Phi) is 2.79. The number of hydrogen-bond donors (Lipinski definition) is 1. The maximum atomic E-state index is 10.9. The van der Waals surface area contributed by atoms with Crippen molar-refractivity contribution in [1.82, 2.24) is 24.1 Å². The van der Waals surface area contributed by atoms with E-state index < -0.39 is 5.97 Å². The molecule has 3 rings (SSSR count). The molecule has 0 radical (unpaired) electrons. The largest absolute Gasteiger partial charge is 0.476 e. The molecule has 3 heterocycles. The lowest BCUT2D eigenvalue weighted by atomic mass is 9.92. The zero-order valence-electron chi connectivity index (χ0n) is 12.0. The van der Waals surface area contributed by atoms with Crippen LogP contribution in [0.4, 0.5) is 0 Å². The predicted molar refractivity (Wildman–Crippen MR) is 75.8 cm³/mol. The van der Waals surface area contributed by atoms with E-state index in [1.807, 2.05) is 6.07 Å². The lowest BCUT2D eigenvalue weighted by Gasteiger charge is -2.13. The minimum Gasteiger partial charge on any atom is -0.476 e. The van der Waals surface area contributed by atoms with Crippen LogP contribution in [0.2, 0.25) is 0 Å². The molecule has 0 saturated heterocycles. The molecule has 0 fully saturated rings. The summed E-state index contributed by atoms with van der Waals surface area (Å²) >= 11 is 0. The molecule has 0 saturated carbocycles. The number of fused-ring (bicyclic) bond motifs is 1. The van der Waals surface area contributed by atoms with E-state index in [2.05, 4.69) is 35.8 Å². The molecule has 7 heteroatoms. The normalized spacial score (nSPS) is 12.0. The SMILES string of the molecule is CC(C)(C)c1cc2c(-n3cnc(C(=O)O)c3)nccn2n1. The number of carbonyl (C=O) groups is 1. The Morgan fingerprint density at radius 3 is 2.67 bits per heavy atom. The Morgan fingerprint density at radius 1 is 1.29 bits per heavy atom. The van der Waals surface area contributed by atoms with Crippen molar-refractivity contribution in [2.24, 2.45) is 0 Å². The van der Waals surface area contributed by atoms with E-state index in [-0.39, 0.29) is 11.1 Å². The zero-order valence-corrected chi connectivity index (χ0v) is 12.0. The zero-order chi connectivity index (χ0) is 15.2. The molecular weight excluding hydrogens is 270 g/mol. The van der Waals surface area contributed by atoms with Crippen molar-refractivity contribution in [3.8, 4) is 5.82 Å². The van der Waals surface area contributed by atoms with Crippen LogP contribution >= 0.6 is 0 Å². The summed E-state index contributed by atoms with van der Waals surface area (Å²) in [6.45, 7) is 6.25. The first-order valence-electron chi connectivity index (χ1n) is 6.49. The topological polar surface area (TPSA) is 85.3 Å². The molecule has 0 amide bonds. The minimum atomic E-state index is -1.07. The predicted octanol–water partition coefficient (Wildman–Crippen LogP) is 1.91. The van der Waals surface area contributed by atoms with Crippen LogP contribution in [0, 0.1) is 0 Å². The number of aromatic carboxylic acids is 1. The molecule has 3 aromatic heterocycles. The van der Waals surface area contributed by atoms with Gasteiger partial charge in [-0.25, -0.2) is 19.3 Å². The molecule has 108 valence electrons. The maximum absolute atomic E-state index is 10.9. The fourth-order valence-corrected chi connectivity index (χ4v) is 2.02. The second-order valence-corrected chi connectivity index (χ2v) is 5.83. The minimum absolute atomic E-state index is 0.0191. The van der Waals surface area contributed by atoms with E-state index in [0.29, 0.717) is 5.82 Å². The van der Waals surface area contributed by atoms with Gasteiger partial charge in [0.15, 0.2) is 11.5 Å². The second-order valence-electron chi connectivity index (χ2n) is 5.83. The monoisotopic (exact) mass is 285 g/mol. The van der Waals surface area contributed by atoms with Gasteiger partial charge in [0, 0.05) is 24.0 Å². The molecule has 0 aliphatic heterocycles. The number of carboxylic acid groups (broad SMARTS) is 1. The third kappa shape index (κ3) is 2.26. The summed E-state index contributed by atoms with van der Waals surface area (Å²) in [5, 5.41) is 13.5. The average molecular weight is 285 g/mol. The van der Waals surface area contributed by atoms with E-state index in [1.54, 1.807) is 21.5 Å². The molecule has 0 aromatic carbocycles. The molecule has 0 unspecified atom stereocenters. The van der Waals surface area contributed by atoms with E-state index in [0.717, 1.165) is 11.2 Å². The van der Waals surface area contributed by atoms with Gasteiger partial charge < -0.3 is 5.11 Å². The molecule has 1 N–H and O–H groups in total. The van der Waals surface area contributed by atoms with Gasteiger partial charge in [-0.3, -0.25) is 4.57 Å². The quantitative estimate of drug-likeness (QED) is 0.777. The van der Waals surface area contributed by atoms with Crippen molar-refractivity contribution in [3.05, 3.63) is 42.4 Å². The van der Waals surface area contributed by atoms with Crippen LogP contribution in [-0.4, -0.2) is 35.2 Å². The molecular formula is C14H15N5O2. The third-order valence-electron chi connectivity index (χ3n) is 3.18. The van der Waals surface area contributed by atoms with Crippen LogP contribution in [0.15, 0.2) is 31.0 Å². The molecule has 0 aliphatic rings. The molecule has 0 aliphatic carbocycles. The van der Waals surface area contributed by atoms with Gasteiger partial charge in [0.25, 0.3) is 0 Å². The van der Waals surface area contributed by atoms with Crippen molar-refractivity contribution in [2.75, 3.05) is 0 Å². The van der Waals surface area contributed by atoms with E-state index >= 15 is 0 Å². The Balaban J connectivity index is 2.18. The van der Waals surface area contributed by atoms with Gasteiger partial charge >= 0.3 is 5.97 Å². The van der Waals surface area contributed by atoms with Crippen LogP contribution in [0.3, 0.4) is 0 Å². The summed E-state index contributed by atoms with van der Waals surface area (Å²) in [6.07, 6.45) is 6.27. The van der Waals surface area contributed by atoms with E-state index in [4.69, 9.17) is 5.11 Å². The van der Waals surface area contributed by atoms with Gasteiger partial charge in [-0.15, -0.1) is 0 Å². The first-order chi connectivity index (χ1) is 9.86. The van der Waals surface area contributed by atoms with Crippen molar-refractivity contribution < 1.29 is 9.90 Å². The maximum Gasteiger partial charge on any atom is 0.356 e. The van der Waals surface area contributed by atoms with Crippen LogP contribution in [0.1, 0.15) is 37.0 Å². The van der Waals surface area contributed by atoms with Gasteiger partial charge in [0.2, 0.25) is 0 Å². The average Bonchev–Trinajstić information content (AvgIpc) is 3.04. The third-order valence-corrected chi connectivity index (χ3v) is 3.18. The van der Waals surface area contributed by atoms with Gasteiger partial charge in [-0.05, 0) is 6.07 Å². The Labute approximate surface area is 120 Å². The molecule has 0 spiro atoms. The number of imidazole rings is 1. The number of nitrogens with zero attached hydrogens (tertiary/aromatic N) is 5. The Hall–Kier alpha value is -2.70. The summed E-state index contributed by atoms with van der Waals surface area (Å²) in [6, 6.07) is 1.96. The lowest BCUT2D eigenvalue weighted by molar-refractivity contribution is 0.0691. The first-order valence-corrected chi connectivity index (χ1v) is 6.49. The number of hydrogen-bond acceptors (Lipinski definition) is 4. The summed E-state index contributed by atoms with van der Waals surface area (Å²) in [7, 11) is 0. The van der Waals surface area contributed by atoms with Crippen LogP contribution in [0.5, 0.6) is 0 Å². The van der Waals surface area contributed by atoms with Crippen molar-refractivity contribution in [2.45, 2.75) is 26.2 Å². The van der Waals surface area contributed by atoms with E-state index in [1.165, 1.54) is 12.5 Å². The number of carboxylic acids is 1. The van der Waals surface area contributed by atoms with Crippen LogP contribution in [0.25, 0.3) is 11.3 Å². The number of rotatable bonds is 2. The van der Waals surface area contributed by atoms with E-state index in [9.17, 15) is 4.79 Å². The Morgan fingerprint density at radius 2 is 2.05 bits per heavy atom. The molecule has 0 bridgehead atoms. The highest BCUT2D eigenvalue weighted by molar-refractivity contribution is 5.85. The van der Waals surface area contributed by atoms with Gasteiger partial charge in [-0.1, -0.05) is 20.8 Å². The molecule has 21 heavy (non-hydrogen) atoms. The fourth-order valence-electron chi connectivity index (χ4n) is 2.02. The Bertz CT molecular complexity index is 825. The highest BCUT2D eigenvalue weighted by Gasteiger charge is 2.19. The van der Waals surface area contributed by atoms with Crippen molar-refractivity contribution in [1.29, 1.82) is 0 Å². The summed E-state index contributed by atoms with van der Waals surface area (Å²) in [4.78, 5) is 19.1. The summed E-state index contributed by atoms with van der Waals surface area (Å²) in [5.74, 6) is -0.468. The standard InChI is InChI=1S/C14H15N5O2/c1-14(2,3)11-6-10-12(15-4-5-19(10)17-11)18-7-9(13(20)21)16-8-18/h4-8H,1-3H3,(H,20,21). The fraction of sp³-hybridized carbons (Fsp3) is 0.286. The number of aromatic nitrogens is 5. The van der Waals surface area contributed by atoms with Gasteiger partial charge in [0.05, 0.1) is 5.69 Å². The lowest BCUT2D eigenvalue weighted by Crippen LogP contribution is -2.11. The van der Waals surface area contributed by atoms with Crippen molar-refractivity contribution in [3.63, 3.8) is 0 Å². The van der Waals surface area contributed by atoms with Crippen molar-refractivity contribution >= 4 is 11.5 Å². The smallest absolute Gasteiger partial charge is 0.356 e. The summed E-state index contributed by atoms with van der Waals surface area (Å²) < 4.78 is 3.33. The highest BCUT2D eigenvalue weighted by Crippen LogP contribution is 2.24. The highest BCUT2D eigenvalue weighted by atomic mass is 16.4. The molecule has 0 atom stereocenters. The van der Waals surface area contributed by atoms with Gasteiger partial charge in [-0.2, -0.15) is 5.10 Å². The van der Waals surface area contributed by atoms with Crippen LogP contribution < -0.4 is 0 Å². The summed E-state index contributed by atoms with van der Waals surface area (Å²) in [5.41, 5.74) is 1.64. The molecule has 3 aromatic rings. The van der Waals surface area contributed by atoms with Gasteiger partial charge in [0.1, 0.15) is 11.8 Å².